The van der Waals surface area contributed by atoms with E-state index in [1.807, 2.05) is 30.3 Å². The molecule has 2 rings (SSSR count). The van der Waals surface area contributed by atoms with Gasteiger partial charge in [0.25, 0.3) is 0 Å². The van der Waals surface area contributed by atoms with Crippen molar-refractivity contribution in [3.63, 3.8) is 0 Å². The molecule has 1 heterocycles. The van der Waals surface area contributed by atoms with Gasteiger partial charge in [0, 0.05) is 6.42 Å². The zero-order chi connectivity index (χ0) is 15.8. The summed E-state index contributed by atoms with van der Waals surface area (Å²) in [6.07, 6.45) is 2.57. The maximum atomic E-state index is 11.7. The number of benzene rings is 1. The SMILES string of the molecule is O=C(CCCN1CCC(C(=O)O)CC1)OCc1ccccc1. The van der Waals surface area contributed by atoms with E-state index in [9.17, 15) is 9.59 Å². The Morgan fingerprint density at radius 1 is 1.18 bits per heavy atom. The third-order valence-corrected chi connectivity index (χ3v) is 4.03. The number of aliphatic carboxylic acids is 1. The fourth-order valence-electron chi connectivity index (χ4n) is 2.66. The van der Waals surface area contributed by atoms with Gasteiger partial charge in [0.05, 0.1) is 5.92 Å². The largest absolute Gasteiger partial charge is 0.481 e. The Morgan fingerprint density at radius 2 is 1.86 bits per heavy atom. The predicted molar refractivity (Wildman–Crippen MR) is 82.3 cm³/mol. The van der Waals surface area contributed by atoms with E-state index in [2.05, 4.69) is 4.90 Å². The first-order valence-electron chi connectivity index (χ1n) is 7.80. The van der Waals surface area contributed by atoms with Gasteiger partial charge in [0.15, 0.2) is 0 Å². The number of rotatable bonds is 7. The van der Waals surface area contributed by atoms with E-state index in [0.717, 1.165) is 31.6 Å². The minimum atomic E-state index is -0.691. The number of hydrogen-bond acceptors (Lipinski definition) is 4. The van der Waals surface area contributed by atoms with Crippen LogP contribution >= 0.6 is 0 Å². The summed E-state index contributed by atoms with van der Waals surface area (Å²) in [4.78, 5) is 24.8. The summed E-state index contributed by atoms with van der Waals surface area (Å²) < 4.78 is 5.23. The molecule has 0 aromatic heterocycles. The highest BCUT2D eigenvalue weighted by Crippen LogP contribution is 2.17. The van der Waals surface area contributed by atoms with Crippen molar-refractivity contribution in [1.82, 2.24) is 4.90 Å². The molecule has 120 valence electrons. The first-order chi connectivity index (χ1) is 10.6. The van der Waals surface area contributed by atoms with Crippen LogP contribution in [0, 0.1) is 5.92 Å². The minimum absolute atomic E-state index is 0.177. The first-order valence-corrected chi connectivity index (χ1v) is 7.80. The summed E-state index contributed by atoms with van der Waals surface area (Å²) in [6, 6.07) is 9.63. The van der Waals surface area contributed by atoms with E-state index in [0.29, 0.717) is 25.9 Å². The fraction of sp³-hybridized carbons (Fsp3) is 0.529. The van der Waals surface area contributed by atoms with Gasteiger partial charge in [0.2, 0.25) is 0 Å². The van der Waals surface area contributed by atoms with Crippen LogP contribution in [-0.4, -0.2) is 41.6 Å². The van der Waals surface area contributed by atoms with E-state index in [1.54, 1.807) is 0 Å². The van der Waals surface area contributed by atoms with Crippen LogP contribution in [0.5, 0.6) is 0 Å². The van der Waals surface area contributed by atoms with Gasteiger partial charge in [-0.3, -0.25) is 9.59 Å². The van der Waals surface area contributed by atoms with Crippen LogP contribution in [0.15, 0.2) is 30.3 Å². The fourth-order valence-corrected chi connectivity index (χ4v) is 2.66. The van der Waals surface area contributed by atoms with E-state index >= 15 is 0 Å². The van der Waals surface area contributed by atoms with Gasteiger partial charge in [-0.05, 0) is 44.5 Å². The van der Waals surface area contributed by atoms with Crippen LogP contribution in [0.4, 0.5) is 0 Å². The lowest BCUT2D eigenvalue weighted by Crippen LogP contribution is -2.37. The lowest BCUT2D eigenvalue weighted by molar-refractivity contribution is -0.145. The molecule has 1 aliphatic heterocycles. The van der Waals surface area contributed by atoms with E-state index in [-0.39, 0.29) is 11.9 Å². The molecule has 0 atom stereocenters. The molecule has 0 aliphatic carbocycles. The van der Waals surface area contributed by atoms with Crippen LogP contribution in [0.3, 0.4) is 0 Å². The quantitative estimate of drug-likeness (QED) is 0.783. The van der Waals surface area contributed by atoms with Gasteiger partial charge >= 0.3 is 11.9 Å². The van der Waals surface area contributed by atoms with Gasteiger partial charge in [-0.1, -0.05) is 30.3 Å². The van der Waals surface area contributed by atoms with Crippen molar-refractivity contribution in [1.29, 1.82) is 0 Å². The summed E-state index contributed by atoms with van der Waals surface area (Å²) in [5, 5.41) is 8.95. The summed E-state index contributed by atoms with van der Waals surface area (Å²) in [7, 11) is 0. The molecule has 0 unspecified atom stereocenters. The second-order valence-electron chi connectivity index (χ2n) is 5.70. The zero-order valence-electron chi connectivity index (χ0n) is 12.7. The zero-order valence-corrected chi connectivity index (χ0v) is 12.7. The van der Waals surface area contributed by atoms with Crippen molar-refractivity contribution in [3.8, 4) is 0 Å². The lowest BCUT2D eigenvalue weighted by Gasteiger charge is -2.29. The molecular weight excluding hydrogens is 282 g/mol. The summed E-state index contributed by atoms with van der Waals surface area (Å²) in [6.45, 7) is 2.75. The molecule has 0 spiro atoms. The Kier molecular flexibility index (Phi) is 6.40. The van der Waals surface area contributed by atoms with Gasteiger partial charge in [-0.2, -0.15) is 0 Å². The molecule has 1 aromatic carbocycles. The summed E-state index contributed by atoms with van der Waals surface area (Å²) >= 11 is 0. The molecule has 1 saturated heterocycles. The molecule has 0 bridgehead atoms. The number of piperidine rings is 1. The molecule has 1 aliphatic rings. The highest BCUT2D eigenvalue weighted by atomic mass is 16.5. The second-order valence-corrected chi connectivity index (χ2v) is 5.70. The maximum Gasteiger partial charge on any atom is 0.306 e. The lowest BCUT2D eigenvalue weighted by atomic mass is 9.97. The Bertz CT molecular complexity index is 481. The average Bonchev–Trinajstić information content (AvgIpc) is 2.54. The van der Waals surface area contributed by atoms with Gasteiger partial charge in [-0.15, -0.1) is 0 Å². The first kappa shape index (κ1) is 16.5. The Hall–Kier alpha value is -1.88. The monoisotopic (exact) mass is 305 g/mol. The average molecular weight is 305 g/mol. The van der Waals surface area contributed by atoms with Crippen molar-refractivity contribution in [2.45, 2.75) is 32.3 Å². The van der Waals surface area contributed by atoms with Crippen LogP contribution < -0.4 is 0 Å². The maximum absolute atomic E-state index is 11.7. The number of likely N-dealkylation sites (tertiary alicyclic amines) is 1. The molecule has 0 amide bonds. The van der Waals surface area contributed by atoms with Crippen molar-refractivity contribution in [2.24, 2.45) is 5.92 Å². The minimum Gasteiger partial charge on any atom is -0.481 e. The number of ether oxygens (including phenoxy) is 1. The van der Waals surface area contributed by atoms with Crippen molar-refractivity contribution in [3.05, 3.63) is 35.9 Å². The molecule has 1 fully saturated rings. The number of carbonyl (C=O) groups excluding carboxylic acids is 1. The molecule has 5 nitrogen and oxygen atoms in total. The smallest absolute Gasteiger partial charge is 0.306 e. The standard InChI is InChI=1S/C17H23NO4/c19-16(22-13-14-5-2-1-3-6-14)7-4-10-18-11-8-15(9-12-18)17(20)21/h1-3,5-6,15H,4,7-13H2,(H,20,21). The highest BCUT2D eigenvalue weighted by molar-refractivity contribution is 5.70. The number of nitrogens with zero attached hydrogens (tertiary/aromatic N) is 1. The molecule has 1 aromatic rings. The Morgan fingerprint density at radius 3 is 2.50 bits per heavy atom. The molecule has 22 heavy (non-hydrogen) atoms. The van der Waals surface area contributed by atoms with Crippen molar-refractivity contribution in [2.75, 3.05) is 19.6 Å². The highest BCUT2D eigenvalue weighted by Gasteiger charge is 2.24. The van der Waals surface area contributed by atoms with Crippen LogP contribution in [-0.2, 0) is 20.9 Å². The number of carboxylic acids is 1. The second kappa shape index (κ2) is 8.54. The van der Waals surface area contributed by atoms with E-state index in [4.69, 9.17) is 9.84 Å². The summed E-state index contributed by atoms with van der Waals surface area (Å²) in [5.41, 5.74) is 0.992. The van der Waals surface area contributed by atoms with Crippen molar-refractivity contribution < 1.29 is 19.4 Å². The van der Waals surface area contributed by atoms with Crippen LogP contribution in [0.25, 0.3) is 0 Å². The Labute approximate surface area is 130 Å². The third-order valence-electron chi connectivity index (χ3n) is 4.03. The summed E-state index contributed by atoms with van der Waals surface area (Å²) in [5.74, 6) is -1.07. The predicted octanol–water partition coefficient (Wildman–Crippen LogP) is 2.31. The van der Waals surface area contributed by atoms with Gasteiger partial charge < -0.3 is 14.7 Å². The normalized spacial score (nSPS) is 16.4. The molecule has 1 N–H and O–H groups in total. The number of carbonyl (C=O) groups is 2. The van der Waals surface area contributed by atoms with Crippen LogP contribution in [0.2, 0.25) is 0 Å². The van der Waals surface area contributed by atoms with E-state index < -0.39 is 5.97 Å². The van der Waals surface area contributed by atoms with Crippen molar-refractivity contribution >= 4 is 11.9 Å². The molecule has 0 radical (unpaired) electrons. The van der Waals surface area contributed by atoms with Gasteiger partial charge in [0.1, 0.15) is 6.61 Å². The van der Waals surface area contributed by atoms with Gasteiger partial charge in [-0.25, -0.2) is 0 Å². The van der Waals surface area contributed by atoms with E-state index in [1.165, 1.54) is 0 Å². The topological polar surface area (TPSA) is 66.8 Å². The molecule has 0 saturated carbocycles. The number of esters is 1. The van der Waals surface area contributed by atoms with Crippen LogP contribution in [0.1, 0.15) is 31.2 Å². The molecule has 5 heteroatoms. The number of carboxylic acid groups (broad SMARTS) is 1. The Balaban J connectivity index is 1.57. The molecular formula is C17H23NO4. The number of hydrogen-bond donors (Lipinski definition) is 1. The third kappa shape index (κ3) is 5.48.